The van der Waals surface area contributed by atoms with Crippen molar-refractivity contribution in [1.29, 1.82) is 0 Å². The van der Waals surface area contributed by atoms with Crippen LogP contribution in [0.2, 0.25) is 0 Å². The molecule has 2 saturated carbocycles. The van der Waals surface area contributed by atoms with E-state index in [0.717, 1.165) is 43.7 Å². The molecule has 0 radical (unpaired) electrons. The molecule has 158 valence electrons. The molecule has 29 heavy (non-hydrogen) atoms. The highest BCUT2D eigenvalue weighted by molar-refractivity contribution is 5.98. The van der Waals surface area contributed by atoms with Gasteiger partial charge < -0.3 is 14.8 Å². The van der Waals surface area contributed by atoms with Crippen molar-refractivity contribution >= 4 is 11.6 Å². The molecule has 1 N–H and O–H groups in total. The van der Waals surface area contributed by atoms with Gasteiger partial charge in [-0.15, -0.1) is 0 Å². The lowest BCUT2D eigenvalue weighted by molar-refractivity contribution is -0.00121. The lowest BCUT2D eigenvalue weighted by atomic mass is 9.82. The molecule has 0 saturated heterocycles. The quantitative estimate of drug-likeness (QED) is 0.688. The van der Waals surface area contributed by atoms with Crippen molar-refractivity contribution in [1.82, 2.24) is 19.7 Å². The van der Waals surface area contributed by atoms with Gasteiger partial charge in [0.25, 0.3) is 5.91 Å². The van der Waals surface area contributed by atoms with Gasteiger partial charge in [-0.3, -0.25) is 9.20 Å². The van der Waals surface area contributed by atoms with Crippen molar-refractivity contribution in [2.45, 2.75) is 71.1 Å². The SMILES string of the molecule is CCCCO[C@H]1CC2CCC(C1)[C@@H]2NC(=O)c1ncn2c(C)cc(COC)nc12. The molecule has 0 aromatic carbocycles. The van der Waals surface area contributed by atoms with Crippen molar-refractivity contribution in [3.05, 3.63) is 29.5 Å². The molecule has 2 aliphatic carbocycles. The lowest BCUT2D eigenvalue weighted by Crippen LogP contribution is -2.46. The van der Waals surface area contributed by atoms with Crippen LogP contribution in [-0.4, -0.2) is 46.1 Å². The molecule has 0 aliphatic heterocycles. The van der Waals surface area contributed by atoms with E-state index in [1.54, 1.807) is 13.4 Å². The number of unbranched alkanes of at least 4 members (excludes halogenated alkanes) is 1. The highest BCUT2D eigenvalue weighted by Gasteiger charge is 2.44. The van der Waals surface area contributed by atoms with Crippen LogP contribution >= 0.6 is 0 Å². The van der Waals surface area contributed by atoms with Crippen molar-refractivity contribution in [2.24, 2.45) is 11.8 Å². The monoisotopic (exact) mass is 400 g/mol. The van der Waals surface area contributed by atoms with E-state index in [1.165, 1.54) is 12.8 Å². The largest absolute Gasteiger partial charge is 0.378 e. The number of methoxy groups -OCH3 is 1. The number of amides is 1. The van der Waals surface area contributed by atoms with Gasteiger partial charge in [0.2, 0.25) is 0 Å². The molecular formula is C22H32N4O3. The minimum atomic E-state index is -0.124. The number of imidazole rings is 1. The number of fused-ring (bicyclic) bond motifs is 3. The first kappa shape index (κ1) is 20.3. The average Bonchev–Trinajstić information content (AvgIpc) is 3.21. The summed E-state index contributed by atoms with van der Waals surface area (Å²) in [5.41, 5.74) is 2.78. The number of nitrogens with one attached hydrogen (secondary N) is 1. The van der Waals surface area contributed by atoms with Crippen LogP contribution in [0, 0.1) is 18.8 Å². The molecule has 2 aromatic heterocycles. The highest BCUT2D eigenvalue weighted by atomic mass is 16.5. The summed E-state index contributed by atoms with van der Waals surface area (Å²) >= 11 is 0. The Morgan fingerprint density at radius 3 is 2.76 bits per heavy atom. The van der Waals surface area contributed by atoms with E-state index < -0.39 is 0 Å². The Morgan fingerprint density at radius 2 is 2.07 bits per heavy atom. The Kier molecular flexibility index (Phi) is 6.15. The molecule has 2 heterocycles. The Balaban J connectivity index is 1.46. The minimum absolute atomic E-state index is 0.124. The predicted octanol–water partition coefficient (Wildman–Crippen LogP) is 3.29. The van der Waals surface area contributed by atoms with Gasteiger partial charge in [0, 0.05) is 25.5 Å². The van der Waals surface area contributed by atoms with E-state index in [1.807, 2.05) is 17.4 Å². The number of hydrogen-bond donors (Lipinski definition) is 1. The smallest absolute Gasteiger partial charge is 0.274 e. The van der Waals surface area contributed by atoms with Gasteiger partial charge in [0.05, 0.1) is 18.4 Å². The number of carbonyl (C=O) groups excluding carboxylic acids is 1. The van der Waals surface area contributed by atoms with Crippen molar-refractivity contribution in [3.63, 3.8) is 0 Å². The summed E-state index contributed by atoms with van der Waals surface area (Å²) in [6.45, 7) is 5.44. The second-order valence-corrected chi connectivity index (χ2v) is 8.52. The van der Waals surface area contributed by atoms with E-state index >= 15 is 0 Å². The number of aryl methyl sites for hydroxylation is 1. The first-order valence-electron chi connectivity index (χ1n) is 10.9. The van der Waals surface area contributed by atoms with Crippen molar-refractivity contribution in [3.8, 4) is 0 Å². The van der Waals surface area contributed by atoms with Crippen LogP contribution in [-0.2, 0) is 16.1 Å². The summed E-state index contributed by atoms with van der Waals surface area (Å²) in [6.07, 6.45) is 8.74. The molecule has 7 heteroatoms. The third-order valence-corrected chi connectivity index (χ3v) is 6.46. The average molecular weight is 401 g/mol. The molecular weight excluding hydrogens is 368 g/mol. The summed E-state index contributed by atoms with van der Waals surface area (Å²) < 4.78 is 13.2. The van der Waals surface area contributed by atoms with E-state index in [2.05, 4.69) is 22.2 Å². The van der Waals surface area contributed by atoms with Gasteiger partial charge in [-0.2, -0.15) is 0 Å². The Labute approximate surface area is 172 Å². The Hall–Kier alpha value is -1.99. The van der Waals surface area contributed by atoms with Crippen LogP contribution in [0.5, 0.6) is 0 Å². The predicted molar refractivity (Wildman–Crippen MR) is 110 cm³/mol. The van der Waals surface area contributed by atoms with Crippen LogP contribution in [0.4, 0.5) is 0 Å². The first-order valence-corrected chi connectivity index (χ1v) is 10.9. The van der Waals surface area contributed by atoms with Crippen molar-refractivity contribution < 1.29 is 14.3 Å². The summed E-state index contributed by atoms with van der Waals surface area (Å²) in [6, 6.07) is 2.17. The number of aromatic nitrogens is 3. The fourth-order valence-corrected chi connectivity index (χ4v) is 5.03. The molecule has 2 aromatic rings. The Bertz CT molecular complexity index is 851. The summed E-state index contributed by atoms with van der Waals surface area (Å²) in [5.74, 6) is 0.870. The van der Waals surface area contributed by atoms with Crippen LogP contribution < -0.4 is 5.32 Å². The molecule has 1 amide bonds. The van der Waals surface area contributed by atoms with Gasteiger partial charge in [-0.05, 0) is 56.9 Å². The van der Waals surface area contributed by atoms with Crippen LogP contribution in [0.25, 0.3) is 5.65 Å². The zero-order chi connectivity index (χ0) is 20.4. The minimum Gasteiger partial charge on any atom is -0.378 e. The van der Waals surface area contributed by atoms with Gasteiger partial charge in [0.15, 0.2) is 11.3 Å². The first-order chi connectivity index (χ1) is 14.1. The molecule has 4 rings (SSSR count). The maximum atomic E-state index is 13.1. The summed E-state index contributed by atoms with van der Waals surface area (Å²) in [5, 5.41) is 3.29. The lowest BCUT2D eigenvalue weighted by Gasteiger charge is -2.35. The molecule has 0 spiro atoms. The number of ether oxygens (including phenoxy) is 2. The van der Waals surface area contributed by atoms with Gasteiger partial charge in [0.1, 0.15) is 6.33 Å². The van der Waals surface area contributed by atoms with E-state index in [9.17, 15) is 4.79 Å². The van der Waals surface area contributed by atoms with Crippen LogP contribution in [0.15, 0.2) is 12.4 Å². The molecule has 2 unspecified atom stereocenters. The number of rotatable bonds is 8. The maximum Gasteiger partial charge on any atom is 0.274 e. The summed E-state index contributed by atoms with van der Waals surface area (Å²) in [4.78, 5) is 22.1. The third-order valence-electron chi connectivity index (χ3n) is 6.46. The number of carbonyl (C=O) groups is 1. The Morgan fingerprint density at radius 1 is 1.31 bits per heavy atom. The third kappa shape index (κ3) is 4.16. The molecule has 7 nitrogen and oxygen atoms in total. The fraction of sp³-hybridized carbons (Fsp3) is 0.682. The topological polar surface area (TPSA) is 77.8 Å². The summed E-state index contributed by atoms with van der Waals surface area (Å²) in [7, 11) is 1.64. The number of nitrogens with zero attached hydrogens (tertiary/aromatic N) is 3. The zero-order valence-corrected chi connectivity index (χ0v) is 17.7. The van der Waals surface area contributed by atoms with E-state index in [-0.39, 0.29) is 11.9 Å². The highest BCUT2D eigenvalue weighted by Crippen LogP contribution is 2.43. The maximum absolute atomic E-state index is 13.1. The molecule has 2 aliphatic rings. The zero-order valence-electron chi connectivity index (χ0n) is 17.7. The van der Waals surface area contributed by atoms with Crippen molar-refractivity contribution in [2.75, 3.05) is 13.7 Å². The molecule has 2 fully saturated rings. The normalized spacial score (nSPS) is 26.2. The van der Waals surface area contributed by atoms with E-state index in [4.69, 9.17) is 9.47 Å². The van der Waals surface area contributed by atoms with Gasteiger partial charge in [-0.25, -0.2) is 9.97 Å². The fourth-order valence-electron chi connectivity index (χ4n) is 5.03. The van der Waals surface area contributed by atoms with Gasteiger partial charge in [-0.1, -0.05) is 13.3 Å². The second kappa shape index (κ2) is 8.79. The van der Waals surface area contributed by atoms with Crippen LogP contribution in [0.1, 0.15) is 67.3 Å². The second-order valence-electron chi connectivity index (χ2n) is 8.52. The molecule has 2 atom stereocenters. The molecule has 2 bridgehead atoms. The van der Waals surface area contributed by atoms with Gasteiger partial charge >= 0.3 is 0 Å². The van der Waals surface area contributed by atoms with Crippen LogP contribution in [0.3, 0.4) is 0 Å². The van der Waals surface area contributed by atoms with E-state index in [0.29, 0.717) is 35.9 Å². The standard InChI is InChI=1S/C22H32N4O3/c1-4-5-8-29-18-10-15-6-7-16(11-18)19(15)25-22(27)20-21-24-17(12-28-3)9-14(2)26(21)13-23-20/h9,13,15-16,18-19H,4-8,10-12H2,1-3H3,(H,25,27)/t15?,16?,18-,19+. The number of hydrogen-bond acceptors (Lipinski definition) is 5.